The third kappa shape index (κ3) is 1.18. The third-order valence-corrected chi connectivity index (χ3v) is 1.06. The average molecular weight is 144 g/mol. The Hall–Kier alpha value is -1.26. The molecule has 5 heteroatoms. The summed E-state index contributed by atoms with van der Waals surface area (Å²) in [4.78, 5) is 23.0. The van der Waals surface area contributed by atoms with Gasteiger partial charge in [-0.3, -0.25) is 0 Å². The van der Waals surface area contributed by atoms with Crippen molar-refractivity contribution in [2.75, 3.05) is 0 Å². The Morgan fingerprint density at radius 3 is 2.70 bits per heavy atom. The molecule has 0 amide bonds. The van der Waals surface area contributed by atoms with Crippen LogP contribution in [0.25, 0.3) is 0 Å². The molecule has 1 rings (SSSR count). The lowest BCUT2D eigenvalue weighted by Gasteiger charge is -1.89. The van der Waals surface area contributed by atoms with Gasteiger partial charge >= 0.3 is 11.4 Å². The van der Waals surface area contributed by atoms with E-state index < -0.39 is 11.4 Å². The van der Waals surface area contributed by atoms with Crippen LogP contribution in [0.15, 0.2) is 14.1 Å². The average Bonchev–Trinajstić information content (AvgIpc) is 2.13. The first-order valence-corrected chi connectivity index (χ1v) is 3.04. The van der Waals surface area contributed by atoms with Crippen molar-refractivity contribution in [3.63, 3.8) is 0 Å². The summed E-state index contributed by atoms with van der Waals surface area (Å²) in [5, 5.41) is 0. The van der Waals surface area contributed by atoms with Crippen LogP contribution < -0.4 is 11.4 Å². The first-order valence-electron chi connectivity index (χ1n) is 3.04. The van der Waals surface area contributed by atoms with Crippen molar-refractivity contribution in [2.24, 2.45) is 0 Å². The van der Waals surface area contributed by atoms with E-state index in [0.717, 1.165) is 11.2 Å². The lowest BCUT2D eigenvalue weighted by molar-refractivity contribution is 0.241. The molecule has 0 fully saturated rings. The van der Waals surface area contributed by atoms with Gasteiger partial charge in [-0.15, -0.1) is 0 Å². The lowest BCUT2D eigenvalue weighted by Crippen LogP contribution is -2.16. The third-order valence-electron chi connectivity index (χ3n) is 1.06. The molecule has 5 nitrogen and oxygen atoms in total. The van der Waals surface area contributed by atoms with Gasteiger partial charge in [-0.2, -0.15) is 4.74 Å². The second-order valence-corrected chi connectivity index (χ2v) is 1.91. The fourth-order valence-corrected chi connectivity index (χ4v) is 0.664. The fraction of sp³-hybridized carbons (Fsp3) is 0.600. The van der Waals surface area contributed by atoms with Crippen LogP contribution in [0.3, 0.4) is 0 Å². The van der Waals surface area contributed by atoms with Gasteiger partial charge in [0.2, 0.25) is 0 Å². The van der Waals surface area contributed by atoms with Crippen molar-refractivity contribution >= 4 is 0 Å². The minimum absolute atomic E-state index is 0.442. The molecule has 0 aliphatic heterocycles. The minimum atomic E-state index is -0.696. The Kier molecular flexibility index (Phi) is 1.75. The molecular formula is C5H8N2O3. The molecule has 0 aliphatic carbocycles. The Morgan fingerprint density at radius 1 is 1.60 bits per heavy atom. The van der Waals surface area contributed by atoms with E-state index in [4.69, 9.17) is 0 Å². The molecule has 0 bridgehead atoms. The van der Waals surface area contributed by atoms with Crippen molar-refractivity contribution < 1.29 is 4.52 Å². The molecule has 1 aromatic rings. The summed E-state index contributed by atoms with van der Waals surface area (Å²) in [5.41, 5.74) is -0.480. The van der Waals surface area contributed by atoms with Crippen LogP contribution >= 0.6 is 0 Å². The standard InChI is InChI=1S/C5H8N2O3/c1-2-3-7-4(8)6-5(9)10-7/h2-3H2,1H3,(H,6,8,9). The van der Waals surface area contributed by atoms with Crippen LogP contribution in [0.5, 0.6) is 0 Å². The fourth-order valence-electron chi connectivity index (χ4n) is 0.664. The summed E-state index contributed by atoms with van der Waals surface area (Å²) >= 11 is 0. The molecule has 1 N–H and O–H groups in total. The smallest absolute Gasteiger partial charge is 0.317 e. The number of nitrogens with zero attached hydrogens (tertiary/aromatic N) is 1. The van der Waals surface area contributed by atoms with E-state index in [-0.39, 0.29) is 0 Å². The normalized spacial score (nSPS) is 10.1. The quantitative estimate of drug-likeness (QED) is 0.610. The maximum absolute atomic E-state index is 10.6. The molecule has 0 radical (unpaired) electrons. The number of H-pyrrole nitrogens is 1. The molecule has 0 atom stereocenters. The number of aromatic amines is 1. The summed E-state index contributed by atoms with van der Waals surface area (Å²) in [6, 6.07) is 0. The molecule has 0 aromatic carbocycles. The molecular weight excluding hydrogens is 136 g/mol. The van der Waals surface area contributed by atoms with Gasteiger partial charge in [0, 0.05) is 0 Å². The number of aromatic nitrogens is 2. The highest BCUT2D eigenvalue weighted by atomic mass is 16.5. The van der Waals surface area contributed by atoms with E-state index in [0.29, 0.717) is 6.54 Å². The van der Waals surface area contributed by atoms with Gasteiger partial charge in [0.25, 0.3) is 0 Å². The highest BCUT2D eigenvalue weighted by Gasteiger charge is 1.98. The van der Waals surface area contributed by atoms with E-state index in [9.17, 15) is 9.59 Å². The van der Waals surface area contributed by atoms with Crippen molar-refractivity contribution in [3.05, 3.63) is 21.0 Å². The molecule has 10 heavy (non-hydrogen) atoms. The van der Waals surface area contributed by atoms with E-state index in [1.807, 2.05) is 11.9 Å². The summed E-state index contributed by atoms with van der Waals surface area (Å²) < 4.78 is 5.45. The number of aryl methyl sites for hydroxylation is 1. The van der Waals surface area contributed by atoms with Crippen molar-refractivity contribution in [2.45, 2.75) is 19.9 Å². The number of nitrogens with one attached hydrogen (secondary N) is 1. The molecule has 1 aromatic heterocycles. The van der Waals surface area contributed by atoms with Crippen molar-refractivity contribution in [1.82, 2.24) is 9.72 Å². The first-order chi connectivity index (χ1) is 4.74. The lowest BCUT2D eigenvalue weighted by atomic mass is 10.5. The number of hydrogen-bond donors (Lipinski definition) is 1. The monoisotopic (exact) mass is 144 g/mol. The van der Waals surface area contributed by atoms with E-state index in [1.165, 1.54) is 0 Å². The maximum Gasteiger partial charge on any atom is 0.440 e. The van der Waals surface area contributed by atoms with Crippen LogP contribution in [0.4, 0.5) is 0 Å². The Morgan fingerprint density at radius 2 is 2.30 bits per heavy atom. The predicted octanol–water partition coefficient (Wildman–Crippen LogP) is -0.460. The molecule has 56 valence electrons. The van der Waals surface area contributed by atoms with Gasteiger partial charge in [-0.1, -0.05) is 6.92 Å². The van der Waals surface area contributed by atoms with Gasteiger partial charge < -0.3 is 4.52 Å². The zero-order valence-corrected chi connectivity index (χ0v) is 5.59. The van der Waals surface area contributed by atoms with Crippen molar-refractivity contribution in [3.8, 4) is 0 Å². The summed E-state index contributed by atoms with van der Waals surface area (Å²) in [7, 11) is 0. The summed E-state index contributed by atoms with van der Waals surface area (Å²) in [6.07, 6.45) is 0.765. The highest BCUT2D eigenvalue weighted by Crippen LogP contribution is 1.79. The molecule has 0 unspecified atom stereocenters. The predicted molar refractivity (Wildman–Crippen MR) is 33.9 cm³/mol. The SMILES string of the molecule is CCCn1oc(=O)[nH]c1=O. The van der Waals surface area contributed by atoms with Gasteiger partial charge in [0.1, 0.15) is 0 Å². The second kappa shape index (κ2) is 2.55. The zero-order chi connectivity index (χ0) is 7.56. The van der Waals surface area contributed by atoms with E-state index in [1.54, 1.807) is 0 Å². The second-order valence-electron chi connectivity index (χ2n) is 1.91. The van der Waals surface area contributed by atoms with Crippen LogP contribution in [0.1, 0.15) is 13.3 Å². The van der Waals surface area contributed by atoms with E-state index >= 15 is 0 Å². The molecule has 0 saturated heterocycles. The van der Waals surface area contributed by atoms with Crippen LogP contribution in [-0.2, 0) is 6.54 Å². The van der Waals surface area contributed by atoms with Crippen LogP contribution in [0, 0.1) is 0 Å². The van der Waals surface area contributed by atoms with Gasteiger partial charge in [-0.05, 0) is 6.42 Å². The largest absolute Gasteiger partial charge is 0.440 e. The number of hydrogen-bond acceptors (Lipinski definition) is 3. The van der Waals surface area contributed by atoms with E-state index in [2.05, 4.69) is 4.52 Å². The molecule has 0 spiro atoms. The highest BCUT2D eigenvalue weighted by molar-refractivity contribution is 4.54. The zero-order valence-electron chi connectivity index (χ0n) is 5.59. The van der Waals surface area contributed by atoms with Crippen LogP contribution in [-0.4, -0.2) is 9.72 Å². The first kappa shape index (κ1) is 6.85. The molecule has 1 heterocycles. The maximum atomic E-state index is 10.6. The summed E-state index contributed by atoms with van der Waals surface area (Å²) in [6.45, 7) is 2.33. The van der Waals surface area contributed by atoms with Gasteiger partial charge in [-0.25, -0.2) is 14.6 Å². The van der Waals surface area contributed by atoms with Crippen LogP contribution in [0.2, 0.25) is 0 Å². The van der Waals surface area contributed by atoms with Gasteiger partial charge in [0.15, 0.2) is 0 Å². The number of rotatable bonds is 2. The van der Waals surface area contributed by atoms with Crippen molar-refractivity contribution in [1.29, 1.82) is 0 Å². The van der Waals surface area contributed by atoms with Gasteiger partial charge in [0.05, 0.1) is 6.54 Å². The minimum Gasteiger partial charge on any atom is -0.317 e. The molecule has 0 aliphatic rings. The Labute approximate surface area is 56.2 Å². The Bertz CT molecular complexity index is 305. The molecule has 0 saturated carbocycles. The topological polar surface area (TPSA) is 68.0 Å². The summed E-state index contributed by atoms with van der Waals surface area (Å²) in [5.74, 6) is -0.696. The Balaban J connectivity index is 3.04.